The van der Waals surface area contributed by atoms with E-state index in [2.05, 4.69) is 59.6 Å². The number of nitrogens with zero attached hydrogens (tertiary/aromatic N) is 2. The fourth-order valence-electron chi connectivity index (χ4n) is 4.67. The van der Waals surface area contributed by atoms with E-state index < -0.39 is 0 Å². The van der Waals surface area contributed by atoms with Crippen LogP contribution >= 0.6 is 0 Å². The van der Waals surface area contributed by atoms with E-state index in [-0.39, 0.29) is 0 Å². The molecule has 0 amide bonds. The van der Waals surface area contributed by atoms with Crippen LogP contribution in [0.3, 0.4) is 0 Å². The molecular formula is C26H20N2. The minimum Gasteiger partial charge on any atom is -0.237 e. The molecule has 0 saturated carbocycles. The van der Waals surface area contributed by atoms with Crippen molar-refractivity contribution in [2.45, 2.75) is 25.7 Å². The van der Waals surface area contributed by atoms with E-state index in [1.54, 1.807) is 17.3 Å². The number of pyridine rings is 2. The molecule has 0 saturated heterocycles. The first-order valence-electron chi connectivity index (χ1n) is 10.1. The van der Waals surface area contributed by atoms with Crippen molar-refractivity contribution in [3.8, 4) is 11.3 Å². The van der Waals surface area contributed by atoms with Gasteiger partial charge >= 0.3 is 0 Å². The Morgan fingerprint density at radius 3 is 2.54 bits per heavy atom. The van der Waals surface area contributed by atoms with Gasteiger partial charge in [0, 0.05) is 17.1 Å². The number of fused-ring (bicyclic) bond motifs is 6. The number of hydrogen-bond donors (Lipinski definition) is 0. The van der Waals surface area contributed by atoms with Crippen molar-refractivity contribution >= 4 is 32.6 Å². The first-order valence-corrected chi connectivity index (χ1v) is 10.1. The lowest BCUT2D eigenvalue weighted by Gasteiger charge is -2.19. The summed E-state index contributed by atoms with van der Waals surface area (Å²) in [6.07, 6.45) is 6.87. The third-order valence-corrected chi connectivity index (χ3v) is 6.11. The molecule has 0 aliphatic heterocycles. The molecule has 2 aromatic heterocycles. The number of hydrogen-bond acceptors (Lipinski definition) is 2. The predicted octanol–water partition coefficient (Wildman–Crippen LogP) is 6.48. The second-order valence-electron chi connectivity index (χ2n) is 7.75. The van der Waals surface area contributed by atoms with E-state index in [1.807, 2.05) is 12.1 Å². The summed E-state index contributed by atoms with van der Waals surface area (Å²) in [5.41, 5.74) is 6.01. The molecule has 2 heterocycles. The minimum absolute atomic E-state index is 0.797. The quantitative estimate of drug-likeness (QED) is 0.320. The molecule has 0 bridgehead atoms. The molecule has 0 spiro atoms. The molecule has 0 unspecified atom stereocenters. The Labute approximate surface area is 163 Å². The summed E-state index contributed by atoms with van der Waals surface area (Å²) in [7, 11) is 0. The molecule has 134 valence electrons. The summed E-state index contributed by atoms with van der Waals surface area (Å²) in [5.74, 6) is 0. The van der Waals surface area contributed by atoms with Crippen molar-refractivity contribution in [2.24, 2.45) is 0 Å². The first-order chi connectivity index (χ1) is 13.9. The van der Waals surface area contributed by atoms with Crippen molar-refractivity contribution in [3.05, 3.63) is 84.1 Å². The average Bonchev–Trinajstić information content (AvgIpc) is 2.78. The van der Waals surface area contributed by atoms with Crippen LogP contribution in [0.2, 0.25) is 0 Å². The van der Waals surface area contributed by atoms with E-state index in [0.29, 0.717) is 0 Å². The van der Waals surface area contributed by atoms with Gasteiger partial charge in [0.15, 0.2) is 5.65 Å². The molecule has 1 aliphatic carbocycles. The maximum atomic E-state index is 4.76. The van der Waals surface area contributed by atoms with Crippen molar-refractivity contribution in [1.82, 2.24) is 9.97 Å². The zero-order chi connectivity index (χ0) is 18.5. The van der Waals surface area contributed by atoms with Crippen LogP contribution in [0.15, 0.2) is 72.9 Å². The Bertz CT molecular complexity index is 1370. The van der Waals surface area contributed by atoms with E-state index in [9.17, 15) is 0 Å². The molecule has 0 N–H and O–H groups in total. The lowest BCUT2D eigenvalue weighted by molar-refractivity contribution is 0.690. The van der Waals surface area contributed by atoms with Crippen LogP contribution in [0.5, 0.6) is 0 Å². The molecule has 5 aromatic rings. The maximum absolute atomic E-state index is 4.76. The van der Waals surface area contributed by atoms with Gasteiger partial charge < -0.3 is 0 Å². The van der Waals surface area contributed by atoms with Crippen molar-refractivity contribution in [2.75, 3.05) is 0 Å². The fraction of sp³-hybridized carbons (Fsp3) is 0.154. The summed E-state index contributed by atoms with van der Waals surface area (Å²) in [6, 6.07) is 24.1. The van der Waals surface area contributed by atoms with Gasteiger partial charge in [0.05, 0.1) is 5.69 Å². The summed E-state index contributed by atoms with van der Waals surface area (Å²) in [4.78, 5) is 9.16. The van der Waals surface area contributed by atoms with Crippen molar-refractivity contribution in [3.63, 3.8) is 0 Å². The van der Waals surface area contributed by atoms with E-state index in [0.717, 1.165) is 22.3 Å². The second-order valence-corrected chi connectivity index (χ2v) is 7.75. The number of benzene rings is 3. The highest BCUT2D eigenvalue weighted by Crippen LogP contribution is 2.34. The van der Waals surface area contributed by atoms with E-state index in [4.69, 9.17) is 4.98 Å². The molecule has 2 heteroatoms. The molecular weight excluding hydrogens is 340 g/mol. The maximum Gasteiger partial charge on any atom is 0.159 e. The highest BCUT2D eigenvalue weighted by Gasteiger charge is 2.14. The largest absolute Gasteiger partial charge is 0.237 e. The fourth-order valence-corrected chi connectivity index (χ4v) is 4.67. The SMILES string of the molecule is c1cnc2nc(-c3ccc4c(ccc5c6c(ccc54)CCCC6)c3)ccc2c1. The number of aromatic nitrogens is 2. The van der Waals surface area contributed by atoms with E-state index >= 15 is 0 Å². The van der Waals surface area contributed by atoms with Crippen LogP contribution in [-0.2, 0) is 12.8 Å². The van der Waals surface area contributed by atoms with Gasteiger partial charge in [0.2, 0.25) is 0 Å². The smallest absolute Gasteiger partial charge is 0.159 e. The van der Waals surface area contributed by atoms with Gasteiger partial charge in [-0.15, -0.1) is 0 Å². The Morgan fingerprint density at radius 1 is 0.679 bits per heavy atom. The Balaban J connectivity index is 1.53. The Kier molecular flexibility index (Phi) is 3.45. The highest BCUT2D eigenvalue weighted by molar-refractivity contribution is 6.09. The molecule has 2 nitrogen and oxygen atoms in total. The Hall–Kier alpha value is -3.26. The van der Waals surface area contributed by atoms with Crippen LogP contribution in [0.1, 0.15) is 24.0 Å². The van der Waals surface area contributed by atoms with Gasteiger partial charge in [-0.2, -0.15) is 0 Å². The molecule has 6 rings (SSSR count). The van der Waals surface area contributed by atoms with Crippen LogP contribution in [0, 0.1) is 0 Å². The van der Waals surface area contributed by atoms with Gasteiger partial charge in [-0.1, -0.05) is 36.4 Å². The van der Waals surface area contributed by atoms with Crippen LogP contribution in [0.4, 0.5) is 0 Å². The van der Waals surface area contributed by atoms with Gasteiger partial charge in [-0.3, -0.25) is 0 Å². The first kappa shape index (κ1) is 15.8. The summed E-state index contributed by atoms with van der Waals surface area (Å²) < 4.78 is 0. The van der Waals surface area contributed by atoms with Gasteiger partial charge in [-0.25, -0.2) is 9.97 Å². The zero-order valence-corrected chi connectivity index (χ0v) is 15.7. The molecule has 3 aromatic carbocycles. The third kappa shape index (κ3) is 2.41. The van der Waals surface area contributed by atoms with E-state index in [1.165, 1.54) is 47.2 Å². The minimum atomic E-state index is 0.797. The normalized spacial score (nSPS) is 13.9. The summed E-state index contributed by atoms with van der Waals surface area (Å²) >= 11 is 0. The predicted molar refractivity (Wildman–Crippen MR) is 117 cm³/mol. The van der Waals surface area contributed by atoms with Crippen molar-refractivity contribution in [1.29, 1.82) is 0 Å². The summed E-state index contributed by atoms with van der Waals surface area (Å²) in [5, 5.41) is 6.48. The topological polar surface area (TPSA) is 25.8 Å². The van der Waals surface area contributed by atoms with Crippen LogP contribution < -0.4 is 0 Å². The molecule has 0 fully saturated rings. The molecule has 1 aliphatic rings. The second kappa shape index (κ2) is 6.13. The van der Waals surface area contributed by atoms with Gasteiger partial charge in [0.1, 0.15) is 0 Å². The van der Waals surface area contributed by atoms with Crippen molar-refractivity contribution < 1.29 is 0 Å². The Morgan fingerprint density at radius 2 is 1.54 bits per heavy atom. The van der Waals surface area contributed by atoms with Gasteiger partial charge in [-0.05, 0) is 88.7 Å². The molecule has 28 heavy (non-hydrogen) atoms. The lowest BCUT2D eigenvalue weighted by atomic mass is 9.86. The molecule has 0 atom stereocenters. The lowest BCUT2D eigenvalue weighted by Crippen LogP contribution is -2.03. The zero-order valence-electron chi connectivity index (χ0n) is 15.7. The number of rotatable bonds is 1. The average molecular weight is 360 g/mol. The monoisotopic (exact) mass is 360 g/mol. The standard InChI is InChI=1S/C26H20N2/c1-2-6-21-17(4-1)7-12-24-22-11-9-20(16-19(22)8-13-23(21)24)25-14-10-18-5-3-15-27-26(18)28-25/h3,5,7-16H,1-2,4,6H2. The third-order valence-electron chi connectivity index (χ3n) is 6.11. The number of aryl methyl sites for hydroxylation is 2. The molecule has 0 radical (unpaired) electrons. The highest BCUT2D eigenvalue weighted by atomic mass is 14.8. The summed E-state index contributed by atoms with van der Waals surface area (Å²) in [6.45, 7) is 0. The van der Waals surface area contributed by atoms with Crippen LogP contribution in [0.25, 0.3) is 43.8 Å². The van der Waals surface area contributed by atoms with Gasteiger partial charge in [0.25, 0.3) is 0 Å². The van der Waals surface area contributed by atoms with Crippen LogP contribution in [-0.4, -0.2) is 9.97 Å².